The van der Waals surface area contributed by atoms with Gasteiger partial charge in [-0.05, 0) is 18.1 Å². The average molecular weight is 194 g/mol. The summed E-state index contributed by atoms with van der Waals surface area (Å²) in [6, 6.07) is 6.42. The molecule has 1 heterocycles. The zero-order valence-corrected chi connectivity index (χ0v) is 8.60. The molecule has 0 amide bonds. The molecule has 13 heavy (non-hydrogen) atoms. The lowest BCUT2D eigenvalue weighted by Gasteiger charge is -1.99. The normalized spacial score (nSPS) is 11.0. The van der Waals surface area contributed by atoms with E-state index in [9.17, 15) is 0 Å². The third-order valence-corrected chi connectivity index (χ3v) is 2.72. The maximum absolute atomic E-state index is 6.05. The van der Waals surface area contributed by atoms with Crippen molar-refractivity contribution in [2.24, 2.45) is 7.05 Å². The van der Waals surface area contributed by atoms with Crippen LogP contribution in [0.2, 0.25) is 5.02 Å². The molecule has 2 heteroatoms. The first-order chi connectivity index (χ1) is 6.22. The zero-order valence-electron chi connectivity index (χ0n) is 7.84. The summed E-state index contributed by atoms with van der Waals surface area (Å²) in [4.78, 5) is 0. The predicted octanol–water partition coefficient (Wildman–Crippen LogP) is 3.39. The number of rotatable bonds is 1. The molecule has 0 saturated heterocycles. The predicted molar refractivity (Wildman–Crippen MR) is 57.3 cm³/mol. The first kappa shape index (κ1) is 8.64. The number of halogens is 1. The van der Waals surface area contributed by atoms with Gasteiger partial charge in [-0.2, -0.15) is 0 Å². The minimum Gasteiger partial charge on any atom is -0.349 e. The molecule has 2 rings (SSSR count). The van der Waals surface area contributed by atoms with Gasteiger partial charge in [0.25, 0.3) is 0 Å². The van der Waals surface area contributed by atoms with Crippen molar-refractivity contribution >= 4 is 22.5 Å². The Morgan fingerprint density at radius 1 is 1.38 bits per heavy atom. The molecule has 68 valence electrons. The van der Waals surface area contributed by atoms with Gasteiger partial charge in [-0.3, -0.25) is 0 Å². The first-order valence-corrected chi connectivity index (χ1v) is 4.83. The fourth-order valence-electron chi connectivity index (χ4n) is 1.60. The zero-order chi connectivity index (χ0) is 9.42. The fourth-order valence-corrected chi connectivity index (χ4v) is 1.91. The molecule has 0 N–H and O–H groups in total. The molecule has 0 spiro atoms. The standard InChI is InChI=1S/C11H12ClN/c1-3-8-4-5-9-10(12)7-13(2)11(9)6-8/h4-7H,3H2,1-2H3. The maximum Gasteiger partial charge on any atom is 0.0661 e. The number of hydrogen-bond acceptors (Lipinski definition) is 0. The molecule has 1 aromatic carbocycles. The van der Waals surface area contributed by atoms with Crippen molar-refractivity contribution in [1.82, 2.24) is 4.57 Å². The molecule has 0 aliphatic rings. The molecular formula is C11H12ClN. The molecule has 0 unspecified atom stereocenters. The molecule has 0 aliphatic heterocycles. The summed E-state index contributed by atoms with van der Waals surface area (Å²) in [6.07, 6.45) is 3.02. The van der Waals surface area contributed by atoms with Gasteiger partial charge in [0, 0.05) is 24.1 Å². The van der Waals surface area contributed by atoms with Crippen molar-refractivity contribution in [2.75, 3.05) is 0 Å². The second-order valence-electron chi connectivity index (χ2n) is 3.29. The van der Waals surface area contributed by atoms with Crippen LogP contribution in [0.1, 0.15) is 12.5 Å². The van der Waals surface area contributed by atoms with Crippen LogP contribution in [0.15, 0.2) is 24.4 Å². The quantitative estimate of drug-likeness (QED) is 0.654. The Kier molecular flexibility index (Phi) is 2.04. The van der Waals surface area contributed by atoms with Gasteiger partial charge in [0.2, 0.25) is 0 Å². The van der Waals surface area contributed by atoms with E-state index in [0.29, 0.717) is 0 Å². The Hall–Kier alpha value is -0.950. The Bertz CT molecular complexity index is 443. The molecule has 0 radical (unpaired) electrons. The number of hydrogen-bond donors (Lipinski definition) is 0. The van der Waals surface area contributed by atoms with Crippen LogP contribution in [0.4, 0.5) is 0 Å². The van der Waals surface area contributed by atoms with Gasteiger partial charge in [-0.1, -0.05) is 30.7 Å². The Balaban J connectivity index is 2.76. The van der Waals surface area contributed by atoms with Gasteiger partial charge in [0.05, 0.1) is 5.02 Å². The molecule has 0 fully saturated rings. The number of aryl methyl sites for hydroxylation is 2. The van der Waals surface area contributed by atoms with Crippen molar-refractivity contribution in [1.29, 1.82) is 0 Å². The Morgan fingerprint density at radius 2 is 2.15 bits per heavy atom. The smallest absolute Gasteiger partial charge is 0.0661 e. The van der Waals surface area contributed by atoms with Crippen LogP contribution < -0.4 is 0 Å². The van der Waals surface area contributed by atoms with Crippen molar-refractivity contribution in [2.45, 2.75) is 13.3 Å². The SMILES string of the molecule is CCc1ccc2c(Cl)cn(C)c2c1. The lowest BCUT2D eigenvalue weighted by Crippen LogP contribution is -1.85. The van der Waals surface area contributed by atoms with E-state index in [1.807, 2.05) is 13.2 Å². The van der Waals surface area contributed by atoms with Gasteiger partial charge in [-0.25, -0.2) is 0 Å². The highest BCUT2D eigenvalue weighted by atomic mass is 35.5. The minimum atomic E-state index is 0.833. The van der Waals surface area contributed by atoms with E-state index in [1.165, 1.54) is 11.1 Å². The summed E-state index contributed by atoms with van der Waals surface area (Å²) in [5.41, 5.74) is 2.56. The number of benzene rings is 1. The molecule has 0 bridgehead atoms. The second kappa shape index (κ2) is 3.08. The van der Waals surface area contributed by atoms with Crippen molar-refractivity contribution in [3.8, 4) is 0 Å². The van der Waals surface area contributed by atoms with E-state index in [1.54, 1.807) is 0 Å². The highest BCUT2D eigenvalue weighted by Gasteiger charge is 2.03. The molecule has 1 aromatic heterocycles. The van der Waals surface area contributed by atoms with Crippen LogP contribution in [0.3, 0.4) is 0 Å². The number of fused-ring (bicyclic) bond motifs is 1. The molecule has 0 aliphatic carbocycles. The van der Waals surface area contributed by atoms with Crippen LogP contribution >= 0.6 is 11.6 Å². The third-order valence-electron chi connectivity index (χ3n) is 2.41. The molecule has 0 saturated carbocycles. The summed E-state index contributed by atoms with van der Waals surface area (Å²) in [5, 5.41) is 1.97. The van der Waals surface area contributed by atoms with E-state index < -0.39 is 0 Å². The van der Waals surface area contributed by atoms with Gasteiger partial charge in [0.15, 0.2) is 0 Å². The van der Waals surface area contributed by atoms with Crippen LogP contribution in [-0.4, -0.2) is 4.57 Å². The van der Waals surface area contributed by atoms with Crippen LogP contribution in [0.25, 0.3) is 10.9 Å². The van der Waals surface area contributed by atoms with Crippen LogP contribution in [0.5, 0.6) is 0 Å². The Morgan fingerprint density at radius 3 is 2.85 bits per heavy atom. The molecule has 2 aromatic rings. The highest BCUT2D eigenvalue weighted by Crippen LogP contribution is 2.25. The monoisotopic (exact) mass is 193 g/mol. The fraction of sp³-hybridized carbons (Fsp3) is 0.273. The number of nitrogens with zero attached hydrogens (tertiary/aromatic N) is 1. The van der Waals surface area contributed by atoms with Crippen molar-refractivity contribution < 1.29 is 0 Å². The lowest BCUT2D eigenvalue weighted by atomic mass is 10.1. The summed E-state index contributed by atoms with van der Waals surface area (Å²) in [6.45, 7) is 2.16. The lowest BCUT2D eigenvalue weighted by molar-refractivity contribution is 0.966. The molecule has 0 atom stereocenters. The summed E-state index contributed by atoms with van der Waals surface area (Å²) >= 11 is 6.05. The summed E-state index contributed by atoms with van der Waals surface area (Å²) < 4.78 is 2.07. The van der Waals surface area contributed by atoms with E-state index in [2.05, 4.69) is 29.7 Å². The van der Waals surface area contributed by atoms with Crippen molar-refractivity contribution in [3.05, 3.63) is 35.0 Å². The summed E-state index contributed by atoms with van der Waals surface area (Å²) in [7, 11) is 2.02. The van der Waals surface area contributed by atoms with Gasteiger partial charge >= 0.3 is 0 Å². The maximum atomic E-state index is 6.05. The van der Waals surface area contributed by atoms with Crippen LogP contribution in [0, 0.1) is 0 Å². The van der Waals surface area contributed by atoms with Gasteiger partial charge in [0.1, 0.15) is 0 Å². The second-order valence-corrected chi connectivity index (χ2v) is 3.70. The van der Waals surface area contributed by atoms with E-state index in [0.717, 1.165) is 16.8 Å². The summed E-state index contributed by atoms with van der Waals surface area (Å²) in [5.74, 6) is 0. The largest absolute Gasteiger partial charge is 0.349 e. The first-order valence-electron chi connectivity index (χ1n) is 4.46. The van der Waals surface area contributed by atoms with Crippen molar-refractivity contribution in [3.63, 3.8) is 0 Å². The van der Waals surface area contributed by atoms with Gasteiger partial charge < -0.3 is 4.57 Å². The topological polar surface area (TPSA) is 4.93 Å². The van der Waals surface area contributed by atoms with Crippen LogP contribution in [-0.2, 0) is 13.5 Å². The van der Waals surface area contributed by atoms with E-state index >= 15 is 0 Å². The van der Waals surface area contributed by atoms with E-state index in [4.69, 9.17) is 11.6 Å². The van der Waals surface area contributed by atoms with Gasteiger partial charge in [-0.15, -0.1) is 0 Å². The third kappa shape index (κ3) is 1.33. The molecular weight excluding hydrogens is 182 g/mol. The number of aromatic nitrogens is 1. The van der Waals surface area contributed by atoms with E-state index in [-0.39, 0.29) is 0 Å². The average Bonchev–Trinajstić information content (AvgIpc) is 2.42. The minimum absolute atomic E-state index is 0.833. The highest BCUT2D eigenvalue weighted by molar-refractivity contribution is 6.35. The Labute approximate surface area is 82.9 Å². The molecule has 1 nitrogen and oxygen atoms in total.